The highest BCUT2D eigenvalue weighted by molar-refractivity contribution is 5.99. The summed E-state index contributed by atoms with van der Waals surface area (Å²) >= 11 is 0. The molecule has 1 aromatic heterocycles. The third-order valence-corrected chi connectivity index (χ3v) is 2.45. The van der Waals surface area contributed by atoms with E-state index in [0.717, 1.165) is 6.42 Å². The molecule has 0 aromatic carbocycles. The number of amides is 1. The molecule has 1 atom stereocenters. The van der Waals surface area contributed by atoms with Gasteiger partial charge in [-0.1, -0.05) is 13.3 Å². The minimum atomic E-state index is -0.522. The second-order valence-corrected chi connectivity index (χ2v) is 4.01. The van der Waals surface area contributed by atoms with Crippen LogP contribution < -0.4 is 5.32 Å². The van der Waals surface area contributed by atoms with Crippen molar-refractivity contribution >= 4 is 11.7 Å². The van der Waals surface area contributed by atoms with Gasteiger partial charge in [-0.2, -0.15) is 0 Å². The maximum atomic E-state index is 11.6. The number of ketones is 1. The predicted octanol–water partition coefficient (Wildman–Crippen LogP) is 1.11. The summed E-state index contributed by atoms with van der Waals surface area (Å²) in [6.07, 6.45) is 2.50. The summed E-state index contributed by atoms with van der Waals surface area (Å²) in [4.78, 5) is 25.4. The third kappa shape index (κ3) is 4.03. The van der Waals surface area contributed by atoms with Gasteiger partial charge in [-0.25, -0.2) is 0 Å². The second kappa shape index (κ2) is 6.20. The first-order valence-corrected chi connectivity index (χ1v) is 5.70. The van der Waals surface area contributed by atoms with E-state index in [-0.39, 0.29) is 18.2 Å². The summed E-state index contributed by atoms with van der Waals surface area (Å²) in [7, 11) is 0. The molecule has 0 bridgehead atoms. The van der Waals surface area contributed by atoms with Crippen LogP contribution in [0.4, 0.5) is 0 Å². The molecule has 1 rings (SSSR count). The van der Waals surface area contributed by atoms with Crippen molar-refractivity contribution in [2.24, 2.45) is 0 Å². The number of carbonyl (C=O) groups is 2. The second-order valence-electron chi connectivity index (χ2n) is 4.01. The van der Waals surface area contributed by atoms with Crippen molar-refractivity contribution < 1.29 is 14.7 Å². The number of rotatable bonds is 6. The van der Waals surface area contributed by atoms with Gasteiger partial charge < -0.3 is 15.4 Å². The zero-order valence-corrected chi connectivity index (χ0v) is 10.1. The Morgan fingerprint density at radius 3 is 2.76 bits per heavy atom. The van der Waals surface area contributed by atoms with Crippen molar-refractivity contribution in [1.82, 2.24) is 10.3 Å². The summed E-state index contributed by atoms with van der Waals surface area (Å²) in [5.74, 6) is -0.404. The van der Waals surface area contributed by atoms with Crippen molar-refractivity contribution in [2.45, 2.75) is 32.8 Å². The highest BCUT2D eigenvalue weighted by atomic mass is 16.3. The minimum Gasteiger partial charge on any atom is -0.391 e. The number of Topliss-reactive ketones (excluding diaryl/α,β-unsaturated/α-hetero) is 1. The van der Waals surface area contributed by atoms with Crippen LogP contribution in [0.2, 0.25) is 0 Å². The largest absolute Gasteiger partial charge is 0.391 e. The quantitative estimate of drug-likeness (QED) is 0.649. The number of hydrogen-bond donors (Lipinski definition) is 3. The van der Waals surface area contributed by atoms with Gasteiger partial charge in [0.2, 0.25) is 0 Å². The molecule has 0 spiro atoms. The molecule has 0 radical (unpaired) electrons. The van der Waals surface area contributed by atoms with E-state index in [9.17, 15) is 14.7 Å². The highest BCUT2D eigenvalue weighted by Gasteiger charge is 2.11. The fourth-order valence-electron chi connectivity index (χ4n) is 1.47. The molecule has 17 heavy (non-hydrogen) atoms. The van der Waals surface area contributed by atoms with Crippen molar-refractivity contribution in [3.8, 4) is 0 Å². The van der Waals surface area contributed by atoms with Gasteiger partial charge in [-0.15, -0.1) is 0 Å². The maximum Gasteiger partial charge on any atom is 0.267 e. The summed E-state index contributed by atoms with van der Waals surface area (Å²) in [6, 6.07) is 1.50. The maximum absolute atomic E-state index is 11.6. The van der Waals surface area contributed by atoms with Crippen molar-refractivity contribution in [2.75, 3.05) is 6.54 Å². The molecule has 0 aliphatic carbocycles. The number of aliphatic hydroxyl groups excluding tert-OH is 1. The van der Waals surface area contributed by atoms with Crippen LogP contribution in [0.3, 0.4) is 0 Å². The lowest BCUT2D eigenvalue weighted by atomic mass is 10.2. The lowest BCUT2D eigenvalue weighted by molar-refractivity contribution is 0.0906. The highest BCUT2D eigenvalue weighted by Crippen LogP contribution is 2.04. The molecule has 3 N–H and O–H groups in total. The average molecular weight is 238 g/mol. The summed E-state index contributed by atoms with van der Waals surface area (Å²) in [6.45, 7) is 3.63. The number of carbonyl (C=O) groups excluding carboxylic acids is 2. The van der Waals surface area contributed by atoms with Gasteiger partial charge in [0.05, 0.1) is 6.10 Å². The normalized spacial score (nSPS) is 12.2. The standard InChI is InChI=1S/C12H18N2O3/c1-3-4-10(16)7-14-12(17)11-5-9(6-13-11)8(2)15/h5-6,10,13,16H,3-4,7H2,1-2H3,(H,14,17). The first kappa shape index (κ1) is 13.4. The Kier molecular flexibility index (Phi) is 4.90. The van der Waals surface area contributed by atoms with Crippen LogP contribution in [-0.4, -0.2) is 34.4 Å². The van der Waals surface area contributed by atoms with Crippen LogP contribution in [0, 0.1) is 0 Å². The molecule has 1 unspecified atom stereocenters. The number of aromatic amines is 1. The Labute approximate surface area is 100 Å². The molecule has 0 fully saturated rings. The molecular formula is C12H18N2O3. The Bertz CT molecular complexity index is 398. The molecule has 0 aliphatic rings. The van der Waals surface area contributed by atoms with Crippen molar-refractivity contribution in [1.29, 1.82) is 0 Å². The van der Waals surface area contributed by atoms with E-state index in [2.05, 4.69) is 10.3 Å². The molecule has 1 aromatic rings. The zero-order chi connectivity index (χ0) is 12.8. The molecule has 1 amide bonds. The molecule has 94 valence electrons. The average Bonchev–Trinajstić information content (AvgIpc) is 2.75. The summed E-state index contributed by atoms with van der Waals surface area (Å²) in [5.41, 5.74) is 0.808. The van der Waals surface area contributed by atoms with Crippen LogP contribution >= 0.6 is 0 Å². The van der Waals surface area contributed by atoms with E-state index in [1.807, 2.05) is 6.92 Å². The monoisotopic (exact) mass is 238 g/mol. The number of H-pyrrole nitrogens is 1. The van der Waals surface area contributed by atoms with Crippen LogP contribution in [-0.2, 0) is 0 Å². The van der Waals surface area contributed by atoms with E-state index >= 15 is 0 Å². The van der Waals surface area contributed by atoms with Crippen molar-refractivity contribution in [3.05, 3.63) is 23.5 Å². The fraction of sp³-hybridized carbons (Fsp3) is 0.500. The van der Waals surface area contributed by atoms with Crippen LogP contribution in [0.25, 0.3) is 0 Å². The zero-order valence-electron chi connectivity index (χ0n) is 10.1. The molecule has 5 nitrogen and oxygen atoms in total. The Morgan fingerprint density at radius 1 is 1.53 bits per heavy atom. The summed E-state index contributed by atoms with van der Waals surface area (Å²) < 4.78 is 0. The number of hydrogen-bond acceptors (Lipinski definition) is 3. The number of nitrogens with one attached hydrogen (secondary N) is 2. The Hall–Kier alpha value is -1.62. The lowest BCUT2D eigenvalue weighted by Gasteiger charge is -2.09. The fourth-order valence-corrected chi connectivity index (χ4v) is 1.47. The van der Waals surface area contributed by atoms with Crippen LogP contribution in [0.1, 0.15) is 47.5 Å². The topological polar surface area (TPSA) is 82.2 Å². The van der Waals surface area contributed by atoms with E-state index < -0.39 is 6.10 Å². The van der Waals surface area contributed by atoms with Crippen LogP contribution in [0.15, 0.2) is 12.3 Å². The van der Waals surface area contributed by atoms with Gasteiger partial charge in [-0.05, 0) is 19.4 Å². The molecule has 0 aliphatic heterocycles. The van der Waals surface area contributed by atoms with Gasteiger partial charge in [0, 0.05) is 18.3 Å². The summed E-state index contributed by atoms with van der Waals surface area (Å²) in [5, 5.41) is 12.1. The van der Waals surface area contributed by atoms with Gasteiger partial charge >= 0.3 is 0 Å². The van der Waals surface area contributed by atoms with Crippen molar-refractivity contribution in [3.63, 3.8) is 0 Å². The van der Waals surface area contributed by atoms with E-state index in [0.29, 0.717) is 17.7 Å². The molecule has 0 saturated carbocycles. The Balaban J connectivity index is 2.49. The van der Waals surface area contributed by atoms with Crippen LogP contribution in [0.5, 0.6) is 0 Å². The molecule has 5 heteroatoms. The molecule has 0 saturated heterocycles. The van der Waals surface area contributed by atoms with E-state index in [4.69, 9.17) is 0 Å². The first-order valence-electron chi connectivity index (χ1n) is 5.70. The molecular weight excluding hydrogens is 220 g/mol. The Morgan fingerprint density at radius 2 is 2.24 bits per heavy atom. The van der Waals surface area contributed by atoms with Gasteiger partial charge in [0.25, 0.3) is 5.91 Å². The first-order chi connectivity index (χ1) is 8.04. The van der Waals surface area contributed by atoms with Gasteiger partial charge in [0.15, 0.2) is 5.78 Å². The third-order valence-electron chi connectivity index (χ3n) is 2.45. The minimum absolute atomic E-state index is 0.0914. The smallest absolute Gasteiger partial charge is 0.267 e. The van der Waals surface area contributed by atoms with E-state index in [1.54, 1.807) is 0 Å². The lowest BCUT2D eigenvalue weighted by Crippen LogP contribution is -2.32. The predicted molar refractivity (Wildman–Crippen MR) is 64.0 cm³/mol. The number of aromatic nitrogens is 1. The van der Waals surface area contributed by atoms with Gasteiger partial charge in [-0.3, -0.25) is 9.59 Å². The van der Waals surface area contributed by atoms with E-state index in [1.165, 1.54) is 19.2 Å². The number of aliphatic hydroxyl groups is 1. The molecule has 1 heterocycles. The van der Waals surface area contributed by atoms with Gasteiger partial charge in [0.1, 0.15) is 5.69 Å². The SMILES string of the molecule is CCCC(O)CNC(=O)c1cc(C(C)=O)c[nH]1.